The van der Waals surface area contributed by atoms with E-state index in [1.807, 2.05) is 62.2 Å². The lowest BCUT2D eigenvalue weighted by molar-refractivity contribution is -0.191. The maximum Gasteiger partial charge on any atom is 0.253 e. The second-order valence-corrected chi connectivity index (χ2v) is 9.39. The molecule has 0 aliphatic carbocycles. The van der Waals surface area contributed by atoms with Crippen LogP contribution in [-0.4, -0.2) is 60.4 Å². The largest absolute Gasteiger partial charge is 0.493 e. The third-order valence-electron chi connectivity index (χ3n) is 6.62. The summed E-state index contributed by atoms with van der Waals surface area (Å²) in [6.45, 7) is 7.91. The second-order valence-electron chi connectivity index (χ2n) is 9.39. The van der Waals surface area contributed by atoms with Crippen molar-refractivity contribution in [3.63, 3.8) is 0 Å². The van der Waals surface area contributed by atoms with Crippen molar-refractivity contribution in [1.82, 2.24) is 9.88 Å². The predicted octanol–water partition coefficient (Wildman–Crippen LogP) is 4.81. The molecule has 1 aromatic carbocycles. The van der Waals surface area contributed by atoms with E-state index < -0.39 is 0 Å². The highest BCUT2D eigenvalue weighted by Crippen LogP contribution is 2.43. The summed E-state index contributed by atoms with van der Waals surface area (Å²) in [5.74, 6) is 1.22. The third-order valence-corrected chi connectivity index (χ3v) is 6.62. The summed E-state index contributed by atoms with van der Waals surface area (Å²) in [5, 5.41) is 0. The molecule has 0 bridgehead atoms. The van der Waals surface area contributed by atoms with Gasteiger partial charge in [-0.05, 0) is 63.9 Å². The molecular weight excluding hydrogens is 432 g/mol. The standard InChI is InChI=1S/C27H36N2O5/c1-5-32-21-17-24(22-8-6-7-13-28-22)34-27(18-21)11-14-29(15-12-27)26(30)20-9-10-23(33-19(2)3)25(16-20)31-4/h6-10,13,16,19,21,24H,5,11-12,14-15,17-18H2,1-4H3. The van der Waals surface area contributed by atoms with Gasteiger partial charge in [0.25, 0.3) is 5.91 Å². The number of hydrogen-bond donors (Lipinski definition) is 0. The summed E-state index contributed by atoms with van der Waals surface area (Å²) in [6, 6.07) is 11.3. The molecule has 2 atom stereocenters. The van der Waals surface area contributed by atoms with Gasteiger partial charge in [0.1, 0.15) is 6.10 Å². The lowest BCUT2D eigenvalue weighted by Gasteiger charge is -2.48. The number of ether oxygens (including phenoxy) is 4. The van der Waals surface area contributed by atoms with E-state index in [0.29, 0.717) is 36.8 Å². The highest BCUT2D eigenvalue weighted by molar-refractivity contribution is 5.95. The molecule has 2 saturated heterocycles. The number of rotatable bonds is 7. The Balaban J connectivity index is 1.45. The molecular formula is C27H36N2O5. The number of benzene rings is 1. The fourth-order valence-corrected chi connectivity index (χ4v) is 5.02. The van der Waals surface area contributed by atoms with Gasteiger partial charge >= 0.3 is 0 Å². The summed E-state index contributed by atoms with van der Waals surface area (Å²) in [7, 11) is 1.59. The van der Waals surface area contributed by atoms with Crippen molar-refractivity contribution >= 4 is 5.91 Å². The van der Waals surface area contributed by atoms with E-state index in [0.717, 1.165) is 31.4 Å². The van der Waals surface area contributed by atoms with Gasteiger partial charge in [-0.1, -0.05) is 6.07 Å². The van der Waals surface area contributed by atoms with Crippen LogP contribution < -0.4 is 9.47 Å². The fraction of sp³-hybridized carbons (Fsp3) is 0.556. The highest BCUT2D eigenvalue weighted by Gasteiger charge is 2.45. The number of likely N-dealkylation sites (tertiary alicyclic amines) is 1. The summed E-state index contributed by atoms with van der Waals surface area (Å²) in [5.41, 5.74) is 1.25. The van der Waals surface area contributed by atoms with Crippen LogP contribution in [0.2, 0.25) is 0 Å². The van der Waals surface area contributed by atoms with Gasteiger partial charge in [0, 0.05) is 44.3 Å². The van der Waals surface area contributed by atoms with Gasteiger partial charge < -0.3 is 23.8 Å². The van der Waals surface area contributed by atoms with Crippen LogP contribution in [0.5, 0.6) is 11.5 Å². The molecule has 7 nitrogen and oxygen atoms in total. The Morgan fingerprint density at radius 1 is 1.21 bits per heavy atom. The Morgan fingerprint density at radius 2 is 2.00 bits per heavy atom. The maximum atomic E-state index is 13.3. The molecule has 0 saturated carbocycles. The Kier molecular flexibility index (Phi) is 7.73. The average molecular weight is 469 g/mol. The van der Waals surface area contributed by atoms with Gasteiger partial charge in [0.05, 0.1) is 30.6 Å². The van der Waals surface area contributed by atoms with E-state index in [1.54, 1.807) is 13.2 Å². The smallest absolute Gasteiger partial charge is 0.253 e. The van der Waals surface area contributed by atoms with E-state index in [9.17, 15) is 4.79 Å². The van der Waals surface area contributed by atoms with Crippen LogP contribution in [0.4, 0.5) is 0 Å². The molecule has 4 rings (SSSR count). The fourth-order valence-electron chi connectivity index (χ4n) is 5.02. The molecule has 0 radical (unpaired) electrons. The maximum absolute atomic E-state index is 13.3. The molecule has 1 spiro atoms. The summed E-state index contributed by atoms with van der Waals surface area (Å²) in [4.78, 5) is 19.7. The van der Waals surface area contributed by atoms with Crippen molar-refractivity contribution in [1.29, 1.82) is 0 Å². The van der Waals surface area contributed by atoms with Gasteiger partial charge in [0.2, 0.25) is 0 Å². The predicted molar refractivity (Wildman–Crippen MR) is 129 cm³/mol. The molecule has 184 valence electrons. The number of methoxy groups -OCH3 is 1. The monoisotopic (exact) mass is 468 g/mol. The molecule has 2 aliphatic rings. The third kappa shape index (κ3) is 5.53. The Bertz CT molecular complexity index is 957. The highest BCUT2D eigenvalue weighted by atomic mass is 16.5. The van der Waals surface area contributed by atoms with Crippen LogP contribution in [0.3, 0.4) is 0 Å². The molecule has 1 amide bonds. The molecule has 2 fully saturated rings. The Morgan fingerprint density at radius 3 is 2.65 bits per heavy atom. The quantitative estimate of drug-likeness (QED) is 0.581. The van der Waals surface area contributed by atoms with Gasteiger partial charge in [-0.15, -0.1) is 0 Å². The van der Waals surface area contributed by atoms with Crippen molar-refractivity contribution in [3.8, 4) is 11.5 Å². The number of hydrogen-bond acceptors (Lipinski definition) is 6. The second kappa shape index (κ2) is 10.7. The molecule has 2 aliphatic heterocycles. The van der Waals surface area contributed by atoms with E-state index in [-0.39, 0.29) is 29.8 Å². The molecule has 2 aromatic rings. The average Bonchev–Trinajstić information content (AvgIpc) is 2.84. The Labute approximate surface area is 202 Å². The van der Waals surface area contributed by atoms with E-state index >= 15 is 0 Å². The van der Waals surface area contributed by atoms with Crippen LogP contribution in [-0.2, 0) is 9.47 Å². The van der Waals surface area contributed by atoms with Gasteiger partial charge in [-0.3, -0.25) is 9.78 Å². The summed E-state index contributed by atoms with van der Waals surface area (Å²) < 4.78 is 24.0. The zero-order chi connectivity index (χ0) is 24.1. The summed E-state index contributed by atoms with van der Waals surface area (Å²) >= 11 is 0. The Hall–Kier alpha value is -2.64. The molecule has 7 heteroatoms. The minimum Gasteiger partial charge on any atom is -0.493 e. The number of pyridine rings is 1. The van der Waals surface area contributed by atoms with Crippen LogP contribution in [0, 0.1) is 0 Å². The molecule has 1 aromatic heterocycles. The van der Waals surface area contributed by atoms with Crippen molar-refractivity contribution in [2.24, 2.45) is 0 Å². The number of carbonyl (C=O) groups excluding carboxylic acids is 1. The number of carbonyl (C=O) groups is 1. The van der Waals surface area contributed by atoms with Crippen molar-refractivity contribution < 1.29 is 23.7 Å². The number of piperidine rings is 1. The van der Waals surface area contributed by atoms with E-state index in [2.05, 4.69) is 4.98 Å². The first-order valence-electron chi connectivity index (χ1n) is 12.3. The summed E-state index contributed by atoms with van der Waals surface area (Å²) in [6.07, 6.45) is 5.08. The minimum atomic E-state index is -0.302. The van der Waals surface area contributed by atoms with Crippen molar-refractivity contribution in [2.45, 2.75) is 70.4 Å². The first-order valence-corrected chi connectivity index (χ1v) is 12.3. The molecule has 3 heterocycles. The number of nitrogens with zero attached hydrogens (tertiary/aromatic N) is 2. The van der Waals surface area contributed by atoms with Crippen LogP contribution in [0.15, 0.2) is 42.6 Å². The zero-order valence-electron chi connectivity index (χ0n) is 20.7. The molecule has 34 heavy (non-hydrogen) atoms. The SMILES string of the molecule is CCOC1CC(c2ccccn2)OC2(CCN(C(=O)c3ccc(OC(C)C)c(OC)c3)CC2)C1. The van der Waals surface area contributed by atoms with Crippen LogP contribution in [0.1, 0.15) is 68.6 Å². The topological polar surface area (TPSA) is 70.1 Å². The van der Waals surface area contributed by atoms with Crippen LogP contribution >= 0.6 is 0 Å². The van der Waals surface area contributed by atoms with Gasteiger partial charge in [-0.25, -0.2) is 0 Å². The lowest BCUT2D eigenvalue weighted by Crippen LogP contribution is -2.52. The van der Waals surface area contributed by atoms with Crippen molar-refractivity contribution in [2.75, 3.05) is 26.8 Å². The number of amides is 1. The van der Waals surface area contributed by atoms with E-state index in [1.165, 1.54) is 0 Å². The van der Waals surface area contributed by atoms with Gasteiger partial charge in [-0.2, -0.15) is 0 Å². The lowest BCUT2D eigenvalue weighted by atomic mass is 9.81. The minimum absolute atomic E-state index is 0.00249. The van der Waals surface area contributed by atoms with E-state index in [4.69, 9.17) is 18.9 Å². The van der Waals surface area contributed by atoms with Crippen LogP contribution in [0.25, 0.3) is 0 Å². The molecule has 2 unspecified atom stereocenters. The first kappa shape index (κ1) is 24.5. The number of aromatic nitrogens is 1. The van der Waals surface area contributed by atoms with Crippen molar-refractivity contribution in [3.05, 3.63) is 53.9 Å². The first-order chi connectivity index (χ1) is 16.4. The zero-order valence-corrected chi connectivity index (χ0v) is 20.7. The normalized spacial score (nSPS) is 22.1. The van der Waals surface area contributed by atoms with Gasteiger partial charge in [0.15, 0.2) is 11.5 Å². The molecule has 0 N–H and O–H groups in total.